The van der Waals surface area contributed by atoms with Crippen LogP contribution in [-0.4, -0.2) is 18.2 Å². The van der Waals surface area contributed by atoms with Gasteiger partial charge in [-0.25, -0.2) is 0 Å². The summed E-state index contributed by atoms with van der Waals surface area (Å²) < 4.78 is 0. The van der Waals surface area contributed by atoms with Gasteiger partial charge < -0.3 is 4.90 Å². The zero-order valence-electron chi connectivity index (χ0n) is 9.41. The van der Waals surface area contributed by atoms with Crippen LogP contribution in [0.1, 0.15) is 12.0 Å². The molecule has 17 heavy (non-hydrogen) atoms. The molecule has 1 amide bonds. The van der Waals surface area contributed by atoms with Crippen LogP contribution in [0.15, 0.2) is 12.1 Å². The summed E-state index contributed by atoms with van der Waals surface area (Å²) in [5.74, 6) is 1.12. The lowest BCUT2D eigenvalue weighted by Crippen LogP contribution is -2.25. The van der Waals surface area contributed by atoms with Crippen molar-refractivity contribution in [3.63, 3.8) is 0 Å². The number of aryl methyl sites for hydroxylation is 1. The Bertz CT molecular complexity index is 464. The maximum Gasteiger partial charge on any atom is 0.227 e. The highest BCUT2D eigenvalue weighted by Crippen LogP contribution is 2.35. The van der Waals surface area contributed by atoms with Gasteiger partial charge in [-0.05, 0) is 36.3 Å². The first-order chi connectivity index (χ1) is 8.02. The van der Waals surface area contributed by atoms with E-state index in [1.165, 1.54) is 0 Å². The highest BCUT2D eigenvalue weighted by Gasteiger charge is 2.30. The van der Waals surface area contributed by atoms with Gasteiger partial charge in [-0.3, -0.25) is 4.79 Å². The van der Waals surface area contributed by atoms with Crippen molar-refractivity contribution in [2.75, 3.05) is 17.2 Å². The van der Waals surface area contributed by atoms with Crippen LogP contribution in [0.3, 0.4) is 0 Å². The van der Waals surface area contributed by atoms with E-state index < -0.39 is 0 Å². The lowest BCUT2D eigenvalue weighted by Gasteiger charge is -2.19. The molecule has 1 heterocycles. The molecule has 1 atom stereocenters. The van der Waals surface area contributed by atoms with Crippen LogP contribution in [0, 0.1) is 12.8 Å². The second-order valence-electron chi connectivity index (χ2n) is 4.31. The Kier molecular flexibility index (Phi) is 3.91. The van der Waals surface area contributed by atoms with Crippen LogP contribution >= 0.6 is 35.8 Å². The number of carbonyl (C=O) groups is 1. The number of nitrogens with zero attached hydrogens (tertiary/aromatic N) is 1. The van der Waals surface area contributed by atoms with E-state index in [2.05, 4.69) is 12.6 Å². The molecule has 1 aliphatic heterocycles. The summed E-state index contributed by atoms with van der Waals surface area (Å²) in [6, 6.07) is 3.55. The molecule has 1 saturated heterocycles. The molecule has 0 bridgehead atoms. The molecule has 2 rings (SSSR count). The topological polar surface area (TPSA) is 20.3 Å². The molecular formula is C12H13Cl2NOS. The van der Waals surface area contributed by atoms with Gasteiger partial charge in [0.15, 0.2) is 0 Å². The molecule has 2 nitrogen and oxygen atoms in total. The van der Waals surface area contributed by atoms with Gasteiger partial charge >= 0.3 is 0 Å². The van der Waals surface area contributed by atoms with Gasteiger partial charge in [-0.15, -0.1) is 0 Å². The Labute approximate surface area is 116 Å². The Morgan fingerprint density at radius 2 is 2.12 bits per heavy atom. The number of thiol groups is 1. The zero-order valence-corrected chi connectivity index (χ0v) is 11.8. The van der Waals surface area contributed by atoms with Gasteiger partial charge in [0.25, 0.3) is 0 Å². The van der Waals surface area contributed by atoms with Crippen LogP contribution in [0.4, 0.5) is 5.69 Å². The third kappa shape index (κ3) is 2.56. The zero-order chi connectivity index (χ0) is 12.6. The van der Waals surface area contributed by atoms with Gasteiger partial charge in [-0.2, -0.15) is 12.6 Å². The highest BCUT2D eigenvalue weighted by atomic mass is 35.5. The number of hydrogen-bond donors (Lipinski definition) is 1. The quantitative estimate of drug-likeness (QED) is 0.825. The summed E-state index contributed by atoms with van der Waals surface area (Å²) >= 11 is 16.4. The molecule has 1 unspecified atom stereocenters. The van der Waals surface area contributed by atoms with Crippen molar-refractivity contribution in [1.29, 1.82) is 0 Å². The first-order valence-corrected chi connectivity index (χ1v) is 6.78. The maximum atomic E-state index is 11.9. The van der Waals surface area contributed by atoms with Crippen molar-refractivity contribution in [2.45, 2.75) is 13.3 Å². The second-order valence-corrected chi connectivity index (χ2v) is 5.49. The molecule has 0 aromatic heterocycles. The SMILES string of the molecule is Cc1cc(N2CC(CS)CC2=O)c(Cl)cc1Cl. The largest absolute Gasteiger partial charge is 0.311 e. The van der Waals surface area contributed by atoms with Crippen molar-refractivity contribution >= 4 is 47.4 Å². The monoisotopic (exact) mass is 289 g/mol. The molecule has 1 aliphatic rings. The lowest BCUT2D eigenvalue weighted by atomic mass is 10.1. The third-order valence-electron chi connectivity index (χ3n) is 2.98. The number of rotatable bonds is 2. The highest BCUT2D eigenvalue weighted by molar-refractivity contribution is 7.80. The first kappa shape index (κ1) is 13.1. The molecule has 0 spiro atoms. The fraction of sp³-hybridized carbons (Fsp3) is 0.417. The minimum absolute atomic E-state index is 0.104. The Morgan fingerprint density at radius 3 is 2.71 bits per heavy atom. The van der Waals surface area contributed by atoms with Crippen molar-refractivity contribution < 1.29 is 4.79 Å². The summed E-state index contributed by atoms with van der Waals surface area (Å²) in [5.41, 5.74) is 1.68. The molecule has 5 heteroatoms. The minimum Gasteiger partial charge on any atom is -0.311 e. The van der Waals surface area contributed by atoms with E-state index in [9.17, 15) is 4.79 Å². The summed E-state index contributed by atoms with van der Waals surface area (Å²) in [4.78, 5) is 13.6. The van der Waals surface area contributed by atoms with Gasteiger partial charge in [0.05, 0.1) is 10.7 Å². The molecular weight excluding hydrogens is 277 g/mol. The predicted molar refractivity (Wildman–Crippen MR) is 75.5 cm³/mol. The summed E-state index contributed by atoms with van der Waals surface area (Å²) in [7, 11) is 0. The lowest BCUT2D eigenvalue weighted by molar-refractivity contribution is -0.117. The number of halogens is 2. The van der Waals surface area contributed by atoms with Gasteiger partial charge in [-0.1, -0.05) is 23.2 Å². The van der Waals surface area contributed by atoms with Gasteiger partial charge in [0.1, 0.15) is 0 Å². The van der Waals surface area contributed by atoms with Crippen LogP contribution < -0.4 is 4.90 Å². The number of anilines is 1. The van der Waals surface area contributed by atoms with Crippen molar-refractivity contribution in [1.82, 2.24) is 0 Å². The number of hydrogen-bond acceptors (Lipinski definition) is 2. The normalized spacial score (nSPS) is 20.1. The average molecular weight is 290 g/mol. The fourth-order valence-corrected chi connectivity index (χ4v) is 2.72. The van der Waals surface area contributed by atoms with E-state index in [0.717, 1.165) is 11.3 Å². The third-order valence-corrected chi connectivity index (χ3v) is 4.21. The molecule has 0 saturated carbocycles. The van der Waals surface area contributed by atoms with E-state index in [1.54, 1.807) is 11.0 Å². The van der Waals surface area contributed by atoms with Crippen LogP contribution in [0.25, 0.3) is 0 Å². The van der Waals surface area contributed by atoms with E-state index in [-0.39, 0.29) is 5.91 Å². The molecule has 0 aliphatic carbocycles. The molecule has 1 fully saturated rings. The van der Waals surface area contributed by atoms with Gasteiger partial charge in [0, 0.05) is 18.0 Å². The smallest absolute Gasteiger partial charge is 0.227 e. The van der Waals surface area contributed by atoms with Crippen molar-refractivity contribution in [3.8, 4) is 0 Å². The predicted octanol–water partition coefficient (Wildman–Crippen LogP) is 3.58. The second kappa shape index (κ2) is 5.09. The fourth-order valence-electron chi connectivity index (χ4n) is 1.99. The van der Waals surface area contributed by atoms with E-state index in [4.69, 9.17) is 23.2 Å². The molecule has 0 radical (unpaired) electrons. The Morgan fingerprint density at radius 1 is 1.41 bits per heavy atom. The standard InChI is InChI=1S/C12H13Cl2NOS/c1-7-2-11(10(14)4-9(7)13)15-5-8(6-17)3-12(15)16/h2,4,8,17H,3,5-6H2,1H3. The van der Waals surface area contributed by atoms with Crippen LogP contribution in [-0.2, 0) is 4.79 Å². The summed E-state index contributed by atoms with van der Waals surface area (Å²) in [5, 5.41) is 1.14. The Hall–Kier alpha value is -0.380. The van der Waals surface area contributed by atoms with E-state index >= 15 is 0 Å². The molecule has 0 N–H and O–H groups in total. The maximum absolute atomic E-state index is 11.9. The van der Waals surface area contributed by atoms with Crippen molar-refractivity contribution in [2.24, 2.45) is 5.92 Å². The number of carbonyl (C=O) groups excluding carboxylic acids is 1. The minimum atomic E-state index is 0.104. The Balaban J connectivity index is 2.35. The van der Waals surface area contributed by atoms with Crippen LogP contribution in [0.2, 0.25) is 10.0 Å². The average Bonchev–Trinajstić information content (AvgIpc) is 2.65. The molecule has 1 aromatic rings. The molecule has 1 aromatic carbocycles. The number of amides is 1. The van der Waals surface area contributed by atoms with Gasteiger partial charge in [0.2, 0.25) is 5.91 Å². The van der Waals surface area contributed by atoms with Crippen molar-refractivity contribution in [3.05, 3.63) is 27.7 Å². The molecule has 92 valence electrons. The summed E-state index contributed by atoms with van der Waals surface area (Å²) in [6.07, 6.45) is 0.543. The van der Waals surface area contributed by atoms with E-state index in [0.29, 0.717) is 34.7 Å². The van der Waals surface area contributed by atoms with E-state index in [1.807, 2.05) is 13.0 Å². The summed E-state index contributed by atoms with van der Waals surface area (Å²) in [6.45, 7) is 2.59. The first-order valence-electron chi connectivity index (χ1n) is 5.39. The van der Waals surface area contributed by atoms with Crippen LogP contribution in [0.5, 0.6) is 0 Å². The number of benzene rings is 1.